The van der Waals surface area contributed by atoms with E-state index in [9.17, 15) is 0 Å². The summed E-state index contributed by atoms with van der Waals surface area (Å²) in [4.78, 5) is 0. The summed E-state index contributed by atoms with van der Waals surface area (Å²) in [6, 6.07) is 11.2. The Morgan fingerprint density at radius 3 is 1.75 bits per heavy atom. The predicted octanol–water partition coefficient (Wildman–Crippen LogP) is 5.56. The van der Waals surface area contributed by atoms with Gasteiger partial charge in [-0.05, 0) is 45.2 Å². The molecule has 0 aliphatic carbocycles. The van der Waals surface area contributed by atoms with Crippen molar-refractivity contribution in [3.63, 3.8) is 0 Å². The molecule has 0 saturated carbocycles. The molecule has 0 nitrogen and oxygen atoms in total. The molecule has 0 aromatic heterocycles. The molecule has 0 radical (unpaired) electrons. The van der Waals surface area contributed by atoms with Gasteiger partial charge < -0.3 is 0 Å². The molecular weight excluding hydrogens is 251 g/mol. The summed E-state index contributed by atoms with van der Waals surface area (Å²) in [7, 11) is 0. The van der Waals surface area contributed by atoms with E-state index in [1.807, 2.05) is 0 Å². The fourth-order valence-electron chi connectivity index (χ4n) is 3.16. The van der Waals surface area contributed by atoms with Crippen LogP contribution in [0.2, 0.25) is 0 Å². The number of hydrogen-bond acceptors (Lipinski definition) is 0. The molecule has 104 valence electrons. The van der Waals surface area contributed by atoms with Crippen molar-refractivity contribution in [2.24, 2.45) is 0 Å². The Morgan fingerprint density at radius 2 is 1.25 bits per heavy atom. The molecular formula is C19H27Na. The van der Waals surface area contributed by atoms with E-state index in [1.165, 1.54) is 16.3 Å². The van der Waals surface area contributed by atoms with Crippen LogP contribution in [0.15, 0.2) is 30.3 Å². The Morgan fingerprint density at radius 1 is 0.700 bits per heavy atom. The van der Waals surface area contributed by atoms with Gasteiger partial charge in [-0.3, -0.25) is 0 Å². The van der Waals surface area contributed by atoms with Crippen LogP contribution in [0.3, 0.4) is 0 Å². The fourth-order valence-corrected chi connectivity index (χ4v) is 3.16. The first kappa shape index (κ1) is 17.8. The standard InChI is InChI=1S/C19H26.Na.H/c1-12(2)17-11-15-9-7-8-10-16(15)18(13(3)4)19(17)14(5)6;;/h7-14H,1-6H3;;. The average Bonchev–Trinajstić information content (AvgIpc) is 2.35. The molecule has 0 heterocycles. The summed E-state index contributed by atoms with van der Waals surface area (Å²) in [5.41, 5.74) is 4.65. The maximum atomic E-state index is 2.40. The SMILES string of the molecule is CC(C)c1cc2ccccc2c(C(C)C)c1C(C)C.[NaH]. The quantitative estimate of drug-likeness (QED) is 0.645. The predicted molar refractivity (Wildman–Crippen MR) is 93.4 cm³/mol. The molecule has 0 fully saturated rings. The Balaban J connectivity index is 0.00000200. The van der Waals surface area contributed by atoms with Crippen molar-refractivity contribution in [2.75, 3.05) is 0 Å². The van der Waals surface area contributed by atoms with Gasteiger partial charge in [0.2, 0.25) is 0 Å². The first-order valence-electron chi connectivity index (χ1n) is 7.48. The van der Waals surface area contributed by atoms with E-state index in [-0.39, 0.29) is 29.6 Å². The molecule has 0 amide bonds. The van der Waals surface area contributed by atoms with Crippen LogP contribution < -0.4 is 0 Å². The minimum absolute atomic E-state index is 0. The van der Waals surface area contributed by atoms with Crippen molar-refractivity contribution in [1.82, 2.24) is 0 Å². The zero-order valence-corrected chi connectivity index (χ0v) is 13.1. The number of fused-ring (bicyclic) bond motifs is 1. The van der Waals surface area contributed by atoms with Crippen molar-refractivity contribution in [3.05, 3.63) is 47.0 Å². The normalized spacial score (nSPS) is 11.4. The Labute approximate surface area is 146 Å². The van der Waals surface area contributed by atoms with Gasteiger partial charge in [-0.2, -0.15) is 0 Å². The average molecular weight is 278 g/mol. The third kappa shape index (κ3) is 3.30. The number of rotatable bonds is 3. The number of benzene rings is 2. The van der Waals surface area contributed by atoms with Crippen LogP contribution in [0.1, 0.15) is 76.0 Å². The van der Waals surface area contributed by atoms with Gasteiger partial charge in [-0.15, -0.1) is 0 Å². The second kappa shape index (κ2) is 7.11. The van der Waals surface area contributed by atoms with Gasteiger partial charge in [0.05, 0.1) is 0 Å². The van der Waals surface area contributed by atoms with Crippen LogP contribution in [0.25, 0.3) is 10.8 Å². The number of hydrogen-bond donors (Lipinski definition) is 0. The van der Waals surface area contributed by atoms with E-state index in [0.29, 0.717) is 17.8 Å². The van der Waals surface area contributed by atoms with E-state index in [4.69, 9.17) is 0 Å². The van der Waals surface area contributed by atoms with Crippen molar-refractivity contribution in [3.8, 4) is 0 Å². The molecule has 0 aliphatic heterocycles. The fraction of sp³-hybridized carbons (Fsp3) is 0.474. The Kier molecular flexibility index (Phi) is 6.31. The molecule has 2 rings (SSSR count). The monoisotopic (exact) mass is 278 g/mol. The molecule has 0 unspecified atom stereocenters. The van der Waals surface area contributed by atoms with Gasteiger partial charge in [0.15, 0.2) is 0 Å². The van der Waals surface area contributed by atoms with Crippen LogP contribution >= 0.6 is 0 Å². The van der Waals surface area contributed by atoms with E-state index in [0.717, 1.165) is 0 Å². The van der Waals surface area contributed by atoms with Gasteiger partial charge in [-0.25, -0.2) is 0 Å². The van der Waals surface area contributed by atoms with Crippen LogP contribution in [0, 0.1) is 0 Å². The molecule has 1 heteroatoms. The molecule has 2 aromatic rings. The molecule has 0 N–H and O–H groups in total. The van der Waals surface area contributed by atoms with Gasteiger partial charge in [-0.1, -0.05) is 71.9 Å². The van der Waals surface area contributed by atoms with Crippen LogP contribution in [-0.2, 0) is 0 Å². The molecule has 20 heavy (non-hydrogen) atoms. The summed E-state index contributed by atoms with van der Waals surface area (Å²) < 4.78 is 0. The minimum atomic E-state index is 0. The van der Waals surface area contributed by atoms with Crippen LogP contribution in [-0.4, -0.2) is 29.6 Å². The summed E-state index contributed by atoms with van der Waals surface area (Å²) in [5, 5.41) is 2.82. The summed E-state index contributed by atoms with van der Waals surface area (Å²) in [5.74, 6) is 1.74. The summed E-state index contributed by atoms with van der Waals surface area (Å²) in [6.45, 7) is 13.9. The third-order valence-corrected chi connectivity index (χ3v) is 3.94. The van der Waals surface area contributed by atoms with E-state index in [2.05, 4.69) is 71.9 Å². The topological polar surface area (TPSA) is 0 Å². The molecule has 0 aliphatic rings. The van der Waals surface area contributed by atoms with E-state index in [1.54, 1.807) is 11.1 Å². The van der Waals surface area contributed by atoms with Crippen molar-refractivity contribution in [2.45, 2.75) is 59.3 Å². The first-order chi connectivity index (χ1) is 8.93. The van der Waals surface area contributed by atoms with Crippen molar-refractivity contribution in [1.29, 1.82) is 0 Å². The summed E-state index contributed by atoms with van der Waals surface area (Å²) in [6.07, 6.45) is 0. The van der Waals surface area contributed by atoms with Crippen molar-refractivity contribution >= 4 is 40.3 Å². The van der Waals surface area contributed by atoms with Gasteiger partial charge in [0.25, 0.3) is 0 Å². The molecule has 0 spiro atoms. The third-order valence-electron chi connectivity index (χ3n) is 3.94. The Hall–Kier alpha value is -0.300. The zero-order chi connectivity index (χ0) is 14.2. The van der Waals surface area contributed by atoms with Gasteiger partial charge >= 0.3 is 29.6 Å². The first-order valence-corrected chi connectivity index (χ1v) is 7.48. The zero-order valence-electron chi connectivity index (χ0n) is 13.1. The van der Waals surface area contributed by atoms with E-state index < -0.39 is 0 Å². The molecule has 0 bridgehead atoms. The molecule has 2 aromatic carbocycles. The molecule has 0 saturated heterocycles. The second-order valence-corrected chi connectivity index (χ2v) is 6.48. The second-order valence-electron chi connectivity index (χ2n) is 6.48. The Bertz CT molecular complexity index is 580. The van der Waals surface area contributed by atoms with Gasteiger partial charge in [0, 0.05) is 0 Å². The maximum absolute atomic E-state index is 2.40. The summed E-state index contributed by atoms with van der Waals surface area (Å²) >= 11 is 0. The van der Waals surface area contributed by atoms with E-state index >= 15 is 0 Å². The van der Waals surface area contributed by atoms with Crippen LogP contribution in [0.5, 0.6) is 0 Å². The van der Waals surface area contributed by atoms with Crippen LogP contribution in [0.4, 0.5) is 0 Å². The van der Waals surface area contributed by atoms with Gasteiger partial charge in [0.1, 0.15) is 0 Å². The van der Waals surface area contributed by atoms with Crippen molar-refractivity contribution < 1.29 is 0 Å². The molecule has 0 atom stereocenters.